The maximum atomic E-state index is 2.51. The van der Waals surface area contributed by atoms with E-state index in [-0.39, 0.29) is 6.15 Å². The highest BCUT2D eigenvalue weighted by atomic mass is 13.9. The van der Waals surface area contributed by atoms with Crippen molar-refractivity contribution >= 4 is 6.15 Å². The second-order valence-corrected chi connectivity index (χ2v) is 4.46. The van der Waals surface area contributed by atoms with Crippen LogP contribution in [0, 0.1) is 0 Å². The third-order valence-electron chi connectivity index (χ3n) is 2.96. The van der Waals surface area contributed by atoms with Gasteiger partial charge in [0.25, 0.3) is 0 Å². The Hall–Kier alpha value is 0.0649. The second kappa shape index (κ2) is 5.68. The molecule has 0 aliphatic rings. The normalized spacial score (nSPS) is 12.0. The number of hydrogen-bond donors (Lipinski definition) is 0. The summed E-state index contributed by atoms with van der Waals surface area (Å²) in [4.78, 5) is 0. The lowest BCUT2D eigenvalue weighted by Gasteiger charge is -2.34. The predicted molar refractivity (Wildman–Crippen MR) is 56.9 cm³/mol. The van der Waals surface area contributed by atoms with Gasteiger partial charge in [0.2, 0.25) is 0 Å². The largest absolute Gasteiger partial charge is 0.190 e. The minimum absolute atomic E-state index is 0.0208. The molecule has 0 N–H and O–H groups in total. The van der Waals surface area contributed by atoms with Crippen LogP contribution in [0.3, 0.4) is 0 Å². The molecular formula is C10H24B-. The molecule has 0 unspecified atom stereocenters. The Labute approximate surface area is 72.7 Å². The van der Waals surface area contributed by atoms with Crippen molar-refractivity contribution in [2.24, 2.45) is 0 Å². The van der Waals surface area contributed by atoms with Gasteiger partial charge in [0, 0.05) is 0 Å². The lowest BCUT2D eigenvalue weighted by molar-refractivity contribution is 0.928. The molecule has 0 aromatic rings. The standard InChI is InChI=1S/C10H24B/c1-5-8-11(4,9-6-2)10-7-3/h5-10H2,1-4H3/q-1. The van der Waals surface area contributed by atoms with Gasteiger partial charge in [-0.05, 0) is 6.15 Å². The summed E-state index contributed by atoms with van der Waals surface area (Å²) in [5, 5.41) is 0. The molecule has 0 spiro atoms. The summed E-state index contributed by atoms with van der Waals surface area (Å²) >= 11 is 0. The molecule has 0 saturated heterocycles. The maximum absolute atomic E-state index is 2.51. The van der Waals surface area contributed by atoms with E-state index in [1.165, 1.54) is 38.2 Å². The van der Waals surface area contributed by atoms with Gasteiger partial charge in [0.1, 0.15) is 0 Å². The number of rotatable bonds is 6. The Balaban J connectivity index is 3.79. The summed E-state index contributed by atoms with van der Waals surface area (Å²) in [6.45, 7) is 9.44. The van der Waals surface area contributed by atoms with Gasteiger partial charge in [0.15, 0.2) is 0 Å². The summed E-state index contributed by atoms with van der Waals surface area (Å²) in [7, 11) is 0. The van der Waals surface area contributed by atoms with Crippen LogP contribution in [-0.2, 0) is 0 Å². The predicted octanol–water partition coefficient (Wildman–Crippen LogP) is 4.30. The molecule has 0 aromatic heterocycles. The van der Waals surface area contributed by atoms with Crippen molar-refractivity contribution in [3.05, 3.63) is 0 Å². The van der Waals surface area contributed by atoms with Crippen molar-refractivity contribution < 1.29 is 0 Å². The zero-order valence-electron chi connectivity index (χ0n) is 8.82. The van der Waals surface area contributed by atoms with Crippen LogP contribution < -0.4 is 0 Å². The van der Waals surface area contributed by atoms with Crippen molar-refractivity contribution in [2.75, 3.05) is 0 Å². The van der Waals surface area contributed by atoms with E-state index in [2.05, 4.69) is 27.6 Å². The third-order valence-corrected chi connectivity index (χ3v) is 2.96. The van der Waals surface area contributed by atoms with Crippen LogP contribution in [0.1, 0.15) is 40.0 Å². The van der Waals surface area contributed by atoms with Crippen LogP contribution in [-0.4, -0.2) is 6.15 Å². The highest BCUT2D eigenvalue weighted by Gasteiger charge is 2.14. The molecule has 1 heteroatoms. The van der Waals surface area contributed by atoms with Crippen molar-refractivity contribution in [3.8, 4) is 0 Å². The Morgan fingerprint density at radius 2 is 1.00 bits per heavy atom. The first-order valence-corrected chi connectivity index (χ1v) is 5.42. The van der Waals surface area contributed by atoms with Crippen molar-refractivity contribution in [1.29, 1.82) is 0 Å². The first kappa shape index (κ1) is 11.1. The zero-order chi connectivity index (χ0) is 8.74. The van der Waals surface area contributed by atoms with Gasteiger partial charge in [-0.15, -0.1) is 0 Å². The second-order valence-electron chi connectivity index (χ2n) is 4.46. The van der Waals surface area contributed by atoms with Gasteiger partial charge < -0.3 is 0 Å². The number of hydrogen-bond acceptors (Lipinski definition) is 0. The van der Waals surface area contributed by atoms with Gasteiger partial charge in [-0.2, -0.15) is 25.8 Å². The van der Waals surface area contributed by atoms with Gasteiger partial charge in [-0.25, -0.2) is 0 Å². The lowest BCUT2D eigenvalue weighted by Crippen LogP contribution is -2.28. The van der Waals surface area contributed by atoms with Crippen LogP contribution >= 0.6 is 0 Å². The van der Waals surface area contributed by atoms with Crippen LogP contribution in [0.15, 0.2) is 0 Å². The fourth-order valence-corrected chi connectivity index (χ4v) is 2.52. The molecule has 0 amide bonds. The summed E-state index contributed by atoms with van der Waals surface area (Å²) < 4.78 is 0. The highest BCUT2D eigenvalue weighted by Crippen LogP contribution is 2.25. The molecule has 0 aromatic carbocycles. The minimum atomic E-state index is 0.0208. The van der Waals surface area contributed by atoms with Gasteiger partial charge in [-0.3, -0.25) is 0 Å². The molecule has 68 valence electrons. The van der Waals surface area contributed by atoms with Crippen LogP contribution in [0.4, 0.5) is 0 Å². The molecule has 0 aliphatic carbocycles. The Bertz CT molecular complexity index is 71.9. The average Bonchev–Trinajstić information content (AvgIpc) is 1.88. The lowest BCUT2D eigenvalue weighted by atomic mass is 9.21. The molecule has 0 heterocycles. The molecule has 0 saturated carbocycles. The fourth-order valence-electron chi connectivity index (χ4n) is 2.52. The Morgan fingerprint density at radius 1 is 0.727 bits per heavy atom. The van der Waals surface area contributed by atoms with E-state index in [1.54, 1.807) is 0 Å². The van der Waals surface area contributed by atoms with Crippen LogP contribution in [0.5, 0.6) is 0 Å². The summed E-state index contributed by atoms with van der Waals surface area (Å²) in [6.07, 6.45) is 8.56. The van der Waals surface area contributed by atoms with Crippen LogP contribution in [0.2, 0.25) is 25.8 Å². The molecule has 0 rings (SSSR count). The first-order chi connectivity index (χ1) is 5.18. The molecule has 0 aliphatic heterocycles. The maximum Gasteiger partial charge on any atom is -0.00237 e. The Kier molecular flexibility index (Phi) is 5.72. The molecule has 0 nitrogen and oxygen atoms in total. The molecule has 0 radical (unpaired) electrons. The average molecular weight is 155 g/mol. The summed E-state index contributed by atoms with van der Waals surface area (Å²) in [5.74, 6) is 0. The van der Waals surface area contributed by atoms with E-state index in [1.807, 2.05) is 0 Å². The van der Waals surface area contributed by atoms with Crippen molar-refractivity contribution in [2.45, 2.75) is 65.8 Å². The van der Waals surface area contributed by atoms with Crippen molar-refractivity contribution in [3.63, 3.8) is 0 Å². The van der Waals surface area contributed by atoms with Gasteiger partial charge in [0.05, 0.1) is 0 Å². The van der Waals surface area contributed by atoms with Crippen LogP contribution in [0.25, 0.3) is 0 Å². The van der Waals surface area contributed by atoms with E-state index in [0.29, 0.717) is 0 Å². The summed E-state index contributed by atoms with van der Waals surface area (Å²) in [5.41, 5.74) is 0. The molecule has 11 heavy (non-hydrogen) atoms. The molecular weight excluding hydrogens is 131 g/mol. The fraction of sp³-hybridized carbons (Fsp3) is 1.00. The van der Waals surface area contributed by atoms with E-state index in [9.17, 15) is 0 Å². The molecule has 0 bridgehead atoms. The van der Waals surface area contributed by atoms with E-state index >= 15 is 0 Å². The zero-order valence-corrected chi connectivity index (χ0v) is 8.82. The molecule has 0 fully saturated rings. The Morgan fingerprint density at radius 3 is 1.18 bits per heavy atom. The van der Waals surface area contributed by atoms with E-state index < -0.39 is 0 Å². The van der Waals surface area contributed by atoms with E-state index in [4.69, 9.17) is 0 Å². The monoisotopic (exact) mass is 155 g/mol. The SMILES string of the molecule is CCC[B-](C)(CCC)CCC. The molecule has 0 atom stereocenters. The highest BCUT2D eigenvalue weighted by molar-refractivity contribution is 6.78. The summed E-state index contributed by atoms with van der Waals surface area (Å²) in [6, 6.07) is 0. The minimum Gasteiger partial charge on any atom is -0.190 e. The van der Waals surface area contributed by atoms with Gasteiger partial charge >= 0.3 is 0 Å². The van der Waals surface area contributed by atoms with Gasteiger partial charge in [-0.1, -0.05) is 40.0 Å². The van der Waals surface area contributed by atoms with Crippen molar-refractivity contribution in [1.82, 2.24) is 0 Å². The third kappa shape index (κ3) is 4.50. The first-order valence-electron chi connectivity index (χ1n) is 5.42. The van der Waals surface area contributed by atoms with E-state index in [0.717, 1.165) is 0 Å². The topological polar surface area (TPSA) is 0 Å². The quantitative estimate of drug-likeness (QED) is 0.501. The smallest absolute Gasteiger partial charge is 0.00237 e.